The van der Waals surface area contributed by atoms with E-state index in [1.165, 1.54) is 12.1 Å². The van der Waals surface area contributed by atoms with E-state index in [-0.39, 0.29) is 11.0 Å². The number of benzene rings is 2. The van der Waals surface area contributed by atoms with E-state index in [1.54, 1.807) is 6.92 Å². The number of aryl methyl sites for hydroxylation is 1. The molecule has 1 unspecified atom stereocenters. The molecular weight excluding hydrogens is 270 g/mol. The van der Waals surface area contributed by atoms with Crippen LogP contribution in [0.15, 0.2) is 42.5 Å². The highest BCUT2D eigenvalue weighted by Gasteiger charge is 2.52. The van der Waals surface area contributed by atoms with Crippen molar-refractivity contribution in [2.75, 3.05) is 0 Å². The number of hydrogen-bond acceptors (Lipinski definition) is 2. The lowest BCUT2D eigenvalue weighted by molar-refractivity contribution is 0.399. The molecule has 0 saturated heterocycles. The van der Waals surface area contributed by atoms with Gasteiger partial charge in [0.05, 0.1) is 6.04 Å². The fourth-order valence-corrected chi connectivity index (χ4v) is 3.11. The number of nitrogens with one attached hydrogen (secondary N) is 1. The van der Waals surface area contributed by atoms with E-state index < -0.39 is 17.7 Å². The third-order valence-electron chi connectivity index (χ3n) is 4.46. The molecule has 1 fully saturated rings. The predicted molar refractivity (Wildman–Crippen MR) is 78.5 cm³/mol. The molecule has 1 aliphatic carbocycles. The second kappa shape index (κ2) is 5.20. The van der Waals surface area contributed by atoms with Gasteiger partial charge in [0.2, 0.25) is 0 Å². The van der Waals surface area contributed by atoms with Crippen molar-refractivity contribution in [3.05, 3.63) is 70.8 Å². The zero-order valence-corrected chi connectivity index (χ0v) is 11.9. The molecule has 1 aliphatic rings. The van der Waals surface area contributed by atoms with E-state index >= 15 is 0 Å². The molecule has 0 aliphatic heterocycles. The van der Waals surface area contributed by atoms with Crippen LogP contribution in [0.1, 0.15) is 35.6 Å². The Morgan fingerprint density at radius 2 is 1.76 bits per heavy atom. The van der Waals surface area contributed by atoms with Crippen molar-refractivity contribution in [2.45, 2.75) is 31.2 Å². The maximum absolute atomic E-state index is 14.4. The Kier molecular flexibility index (Phi) is 3.51. The number of rotatable bonds is 4. The Hall–Kier alpha value is -1.78. The summed E-state index contributed by atoms with van der Waals surface area (Å²) >= 11 is 0. The Morgan fingerprint density at radius 3 is 2.33 bits per heavy atom. The Labute approximate surface area is 122 Å². The average Bonchev–Trinajstić information content (AvgIpc) is 3.30. The molecule has 0 radical (unpaired) electrons. The molecule has 4 heteroatoms. The molecular formula is C17H18F2N2. The summed E-state index contributed by atoms with van der Waals surface area (Å²) in [4.78, 5) is 0. The first-order chi connectivity index (χ1) is 10.1. The maximum Gasteiger partial charge on any atom is 0.133 e. The van der Waals surface area contributed by atoms with Gasteiger partial charge in [0, 0.05) is 11.0 Å². The van der Waals surface area contributed by atoms with E-state index in [0.29, 0.717) is 5.56 Å². The van der Waals surface area contributed by atoms with Crippen LogP contribution in [0.4, 0.5) is 8.78 Å². The smallest absolute Gasteiger partial charge is 0.133 e. The number of halogens is 2. The predicted octanol–water partition coefficient (Wildman–Crippen LogP) is 3.51. The fourth-order valence-electron chi connectivity index (χ4n) is 3.11. The molecule has 21 heavy (non-hydrogen) atoms. The third kappa shape index (κ3) is 2.24. The van der Waals surface area contributed by atoms with E-state index in [4.69, 9.17) is 5.84 Å². The normalized spacial score (nSPS) is 17.5. The summed E-state index contributed by atoms with van der Waals surface area (Å²) in [5.74, 6) is 4.61. The van der Waals surface area contributed by atoms with Crippen molar-refractivity contribution >= 4 is 0 Å². The zero-order chi connectivity index (χ0) is 15.0. The summed E-state index contributed by atoms with van der Waals surface area (Å²) in [7, 11) is 0. The van der Waals surface area contributed by atoms with Crippen LogP contribution < -0.4 is 11.3 Å². The number of hydrazine groups is 1. The van der Waals surface area contributed by atoms with Crippen LogP contribution in [0.5, 0.6) is 0 Å². The highest BCUT2D eigenvalue weighted by atomic mass is 19.1. The molecule has 110 valence electrons. The van der Waals surface area contributed by atoms with Crippen LogP contribution in [0.3, 0.4) is 0 Å². The third-order valence-corrected chi connectivity index (χ3v) is 4.46. The van der Waals surface area contributed by atoms with Crippen LogP contribution in [-0.2, 0) is 5.41 Å². The Bertz CT molecular complexity index is 651. The van der Waals surface area contributed by atoms with Crippen molar-refractivity contribution < 1.29 is 8.78 Å². The highest BCUT2D eigenvalue weighted by molar-refractivity contribution is 5.40. The van der Waals surface area contributed by atoms with E-state index in [2.05, 4.69) is 5.43 Å². The second-order valence-corrected chi connectivity index (χ2v) is 5.71. The first-order valence-electron chi connectivity index (χ1n) is 7.06. The number of nitrogens with two attached hydrogens (primary N) is 1. The van der Waals surface area contributed by atoms with E-state index in [1.807, 2.05) is 30.3 Å². The maximum atomic E-state index is 14.4. The molecule has 2 aromatic rings. The molecule has 0 bridgehead atoms. The summed E-state index contributed by atoms with van der Waals surface area (Å²) in [5, 5.41) is 0. The van der Waals surface area contributed by atoms with Crippen molar-refractivity contribution in [1.29, 1.82) is 0 Å². The van der Waals surface area contributed by atoms with Gasteiger partial charge in [-0.25, -0.2) is 8.78 Å². The van der Waals surface area contributed by atoms with Gasteiger partial charge in [0.15, 0.2) is 0 Å². The average molecular weight is 288 g/mol. The quantitative estimate of drug-likeness (QED) is 0.667. The minimum atomic E-state index is -0.570. The standard InChI is InChI=1S/C17H18F2N2/c1-11-7-8-13(18)14(15(11)19)16(21-20)17(9-10-17)12-5-3-2-4-6-12/h2-8,16,21H,9-10,20H2,1H3. The van der Waals surface area contributed by atoms with Gasteiger partial charge in [-0.05, 0) is 37.0 Å². The Morgan fingerprint density at radius 1 is 1.10 bits per heavy atom. The Balaban J connectivity index is 2.10. The van der Waals surface area contributed by atoms with Gasteiger partial charge in [0.25, 0.3) is 0 Å². The first kappa shape index (κ1) is 14.2. The monoisotopic (exact) mass is 288 g/mol. The van der Waals surface area contributed by atoms with Crippen molar-refractivity contribution in [3.8, 4) is 0 Å². The van der Waals surface area contributed by atoms with E-state index in [0.717, 1.165) is 18.4 Å². The number of hydrogen-bond donors (Lipinski definition) is 2. The van der Waals surface area contributed by atoms with Crippen LogP contribution in [0.25, 0.3) is 0 Å². The molecule has 1 atom stereocenters. The molecule has 0 heterocycles. The molecule has 2 aromatic carbocycles. The van der Waals surface area contributed by atoms with Gasteiger partial charge in [-0.3, -0.25) is 11.3 Å². The summed E-state index contributed by atoms with van der Waals surface area (Å²) in [6.45, 7) is 1.63. The van der Waals surface area contributed by atoms with Gasteiger partial charge in [-0.1, -0.05) is 36.4 Å². The van der Waals surface area contributed by atoms with Crippen molar-refractivity contribution in [1.82, 2.24) is 5.43 Å². The minimum absolute atomic E-state index is 0.0406. The van der Waals surface area contributed by atoms with Crippen molar-refractivity contribution in [2.24, 2.45) is 5.84 Å². The molecule has 0 aromatic heterocycles. The molecule has 3 rings (SSSR count). The van der Waals surface area contributed by atoms with Gasteiger partial charge in [0.1, 0.15) is 11.6 Å². The lowest BCUT2D eigenvalue weighted by Gasteiger charge is -2.28. The summed E-state index contributed by atoms with van der Waals surface area (Å²) in [6.07, 6.45) is 1.72. The van der Waals surface area contributed by atoms with Crippen molar-refractivity contribution in [3.63, 3.8) is 0 Å². The summed E-state index contributed by atoms with van der Waals surface area (Å²) in [6, 6.07) is 12.0. The second-order valence-electron chi connectivity index (χ2n) is 5.71. The van der Waals surface area contributed by atoms with Crippen LogP contribution in [0, 0.1) is 18.6 Å². The molecule has 3 N–H and O–H groups in total. The summed E-state index contributed by atoms with van der Waals surface area (Å²) in [5.41, 5.74) is 3.85. The van der Waals surface area contributed by atoms with E-state index in [9.17, 15) is 8.78 Å². The topological polar surface area (TPSA) is 38.0 Å². The first-order valence-corrected chi connectivity index (χ1v) is 7.06. The van der Waals surface area contributed by atoms with Gasteiger partial charge >= 0.3 is 0 Å². The van der Waals surface area contributed by atoms with Gasteiger partial charge < -0.3 is 0 Å². The molecule has 0 spiro atoms. The zero-order valence-electron chi connectivity index (χ0n) is 11.9. The molecule has 1 saturated carbocycles. The van der Waals surface area contributed by atoms with Crippen LogP contribution >= 0.6 is 0 Å². The SMILES string of the molecule is Cc1ccc(F)c(C(NN)C2(c3ccccc3)CC2)c1F. The molecule has 2 nitrogen and oxygen atoms in total. The highest BCUT2D eigenvalue weighted by Crippen LogP contribution is 2.56. The van der Waals surface area contributed by atoms with Crippen LogP contribution in [0.2, 0.25) is 0 Å². The molecule has 0 amide bonds. The lowest BCUT2D eigenvalue weighted by Crippen LogP contribution is -2.38. The largest absolute Gasteiger partial charge is 0.271 e. The fraction of sp³-hybridized carbons (Fsp3) is 0.294. The van der Waals surface area contributed by atoms with Crippen LogP contribution in [-0.4, -0.2) is 0 Å². The summed E-state index contributed by atoms with van der Waals surface area (Å²) < 4.78 is 28.6. The van der Waals surface area contributed by atoms with Gasteiger partial charge in [-0.15, -0.1) is 0 Å². The lowest BCUT2D eigenvalue weighted by atomic mass is 9.83. The minimum Gasteiger partial charge on any atom is -0.271 e. The van der Waals surface area contributed by atoms with Gasteiger partial charge in [-0.2, -0.15) is 0 Å².